The standard InChI is InChI=1S/C33H54O5Si2/c1-23(14-12-17-29(34)35)25-16-13-15-24(20-25)22-36-26-18-19-27(32(8,9)37-39-30(2,3)4)28(21-26)33(10,11)38-40-31(5,6)7/h13,15-16,18-21,23H,12,14,17,22,39-40H2,1-11H3,(H,34,35). The van der Waals surface area contributed by atoms with Crippen molar-refractivity contribution in [2.45, 2.75) is 129 Å². The van der Waals surface area contributed by atoms with E-state index in [4.69, 9.17) is 18.7 Å². The summed E-state index contributed by atoms with van der Waals surface area (Å²) in [4.78, 5) is 10.9. The third-order valence-corrected chi connectivity index (χ3v) is 10.4. The molecule has 2 rings (SSSR count). The largest absolute Gasteiger partial charge is 0.489 e. The zero-order valence-electron chi connectivity index (χ0n) is 26.9. The average Bonchev–Trinajstić information content (AvgIpc) is 2.84. The normalized spacial score (nSPS) is 14.4. The fourth-order valence-electron chi connectivity index (χ4n) is 4.47. The van der Waals surface area contributed by atoms with E-state index in [-0.39, 0.29) is 16.5 Å². The molecule has 0 aliphatic carbocycles. The molecule has 0 fully saturated rings. The van der Waals surface area contributed by atoms with Crippen LogP contribution in [-0.2, 0) is 31.5 Å². The van der Waals surface area contributed by atoms with Crippen molar-refractivity contribution in [1.82, 2.24) is 0 Å². The number of rotatable bonds is 14. The first-order chi connectivity index (χ1) is 18.3. The first-order valence-corrected chi connectivity index (χ1v) is 17.2. The Morgan fingerprint density at radius 3 is 1.95 bits per heavy atom. The second-order valence-corrected chi connectivity index (χ2v) is 20.0. The van der Waals surface area contributed by atoms with Crippen molar-refractivity contribution >= 4 is 25.5 Å². The smallest absolute Gasteiger partial charge is 0.303 e. The van der Waals surface area contributed by atoms with Gasteiger partial charge in [-0.1, -0.05) is 78.8 Å². The topological polar surface area (TPSA) is 65.0 Å². The average molecular weight is 587 g/mol. The molecule has 5 nitrogen and oxygen atoms in total. The van der Waals surface area contributed by atoms with Gasteiger partial charge in [0, 0.05) is 6.42 Å². The quantitative estimate of drug-likeness (QED) is 0.230. The Morgan fingerprint density at radius 1 is 0.825 bits per heavy atom. The molecule has 2 aromatic rings. The van der Waals surface area contributed by atoms with Crippen molar-refractivity contribution in [1.29, 1.82) is 0 Å². The van der Waals surface area contributed by atoms with E-state index in [2.05, 4.69) is 119 Å². The molecule has 0 radical (unpaired) electrons. The summed E-state index contributed by atoms with van der Waals surface area (Å²) in [6, 6.07) is 14.8. The molecule has 2 aromatic carbocycles. The number of ether oxygens (including phenoxy) is 1. The van der Waals surface area contributed by atoms with Gasteiger partial charge in [0.05, 0.1) is 11.2 Å². The molecule has 0 spiro atoms. The summed E-state index contributed by atoms with van der Waals surface area (Å²) in [7, 11) is -1.55. The molecule has 1 N–H and O–H groups in total. The Labute approximate surface area is 248 Å². The first-order valence-electron chi connectivity index (χ1n) is 14.7. The van der Waals surface area contributed by atoms with Crippen LogP contribution in [-0.4, -0.2) is 30.6 Å². The number of carboxylic acids is 1. The van der Waals surface area contributed by atoms with Crippen LogP contribution < -0.4 is 4.74 Å². The number of carboxylic acid groups (broad SMARTS) is 1. The van der Waals surface area contributed by atoms with Gasteiger partial charge in [-0.05, 0) is 90.9 Å². The molecule has 0 aromatic heterocycles. The zero-order valence-corrected chi connectivity index (χ0v) is 29.8. The minimum atomic E-state index is -0.787. The van der Waals surface area contributed by atoms with Gasteiger partial charge < -0.3 is 18.7 Å². The minimum absolute atomic E-state index is 0.187. The monoisotopic (exact) mass is 586 g/mol. The van der Waals surface area contributed by atoms with Crippen LogP contribution >= 0.6 is 0 Å². The molecular weight excluding hydrogens is 533 g/mol. The molecule has 0 aliphatic heterocycles. The fraction of sp³-hybridized carbons (Fsp3) is 0.606. The predicted octanol–water partition coefficient (Wildman–Crippen LogP) is 7.73. The summed E-state index contributed by atoms with van der Waals surface area (Å²) in [5.41, 5.74) is 3.69. The highest BCUT2D eigenvalue weighted by atomic mass is 28.2. The van der Waals surface area contributed by atoms with Crippen LogP contribution in [0.1, 0.15) is 124 Å². The van der Waals surface area contributed by atoms with E-state index < -0.39 is 36.7 Å². The molecule has 0 bridgehead atoms. The molecule has 7 heteroatoms. The maximum Gasteiger partial charge on any atom is 0.303 e. The zero-order chi connectivity index (χ0) is 30.4. The summed E-state index contributed by atoms with van der Waals surface area (Å²) in [5, 5.41) is 9.34. The lowest BCUT2D eigenvalue weighted by atomic mass is 9.85. The second kappa shape index (κ2) is 13.8. The van der Waals surface area contributed by atoms with Crippen molar-refractivity contribution in [3.8, 4) is 5.75 Å². The lowest BCUT2D eigenvalue weighted by Gasteiger charge is -2.37. The van der Waals surface area contributed by atoms with E-state index in [1.54, 1.807) is 0 Å². The van der Waals surface area contributed by atoms with Gasteiger partial charge in [-0.25, -0.2) is 0 Å². The van der Waals surface area contributed by atoms with Gasteiger partial charge in [0.2, 0.25) is 0 Å². The highest BCUT2D eigenvalue weighted by Crippen LogP contribution is 2.40. The minimum Gasteiger partial charge on any atom is -0.489 e. The van der Waals surface area contributed by atoms with Crippen LogP contribution in [0.5, 0.6) is 5.75 Å². The van der Waals surface area contributed by atoms with Crippen LogP contribution in [0.4, 0.5) is 0 Å². The SMILES string of the molecule is CC(CCCC(=O)O)c1cccc(COc2ccc(C(C)(C)O[SiH2]C(C)(C)C)c(C(C)(C)O[SiH2]C(C)(C)C)c2)c1. The van der Waals surface area contributed by atoms with Crippen LogP contribution in [0.2, 0.25) is 10.1 Å². The van der Waals surface area contributed by atoms with E-state index in [1.807, 2.05) is 0 Å². The van der Waals surface area contributed by atoms with Crippen molar-refractivity contribution in [2.75, 3.05) is 0 Å². The maximum atomic E-state index is 10.9. The number of hydrogen-bond donors (Lipinski definition) is 1. The molecule has 1 atom stereocenters. The summed E-state index contributed by atoms with van der Waals surface area (Å²) in [6.07, 6.45) is 1.74. The number of aliphatic carboxylic acids is 1. The Balaban J connectivity index is 2.30. The third-order valence-electron chi connectivity index (χ3n) is 6.97. The maximum absolute atomic E-state index is 10.9. The molecule has 0 heterocycles. The van der Waals surface area contributed by atoms with Crippen molar-refractivity contribution in [2.24, 2.45) is 0 Å². The molecule has 1 unspecified atom stereocenters. The fourth-order valence-corrected chi connectivity index (χ4v) is 6.37. The number of carbonyl (C=O) groups is 1. The first kappa shape index (κ1) is 34.3. The molecule has 0 saturated carbocycles. The molecule has 0 aliphatic rings. The number of benzene rings is 2. The van der Waals surface area contributed by atoms with Gasteiger partial charge in [0.25, 0.3) is 0 Å². The van der Waals surface area contributed by atoms with Gasteiger partial charge >= 0.3 is 5.97 Å². The van der Waals surface area contributed by atoms with Gasteiger partial charge in [-0.2, -0.15) is 0 Å². The lowest BCUT2D eigenvalue weighted by molar-refractivity contribution is -0.137. The predicted molar refractivity (Wildman–Crippen MR) is 172 cm³/mol. The van der Waals surface area contributed by atoms with Gasteiger partial charge in [-0.3, -0.25) is 4.79 Å². The van der Waals surface area contributed by atoms with Crippen molar-refractivity contribution in [3.05, 3.63) is 64.7 Å². The van der Waals surface area contributed by atoms with E-state index >= 15 is 0 Å². The Morgan fingerprint density at radius 2 is 1.40 bits per heavy atom. The lowest BCUT2D eigenvalue weighted by Crippen LogP contribution is -2.34. The van der Waals surface area contributed by atoms with Gasteiger partial charge in [0.15, 0.2) is 19.5 Å². The summed E-state index contributed by atoms with van der Waals surface area (Å²) in [6.45, 7) is 24.8. The number of hydrogen-bond acceptors (Lipinski definition) is 4. The highest BCUT2D eigenvalue weighted by Gasteiger charge is 2.34. The summed E-state index contributed by atoms with van der Waals surface area (Å²) >= 11 is 0. The van der Waals surface area contributed by atoms with E-state index in [0.717, 1.165) is 28.9 Å². The van der Waals surface area contributed by atoms with E-state index in [0.29, 0.717) is 18.9 Å². The van der Waals surface area contributed by atoms with Gasteiger partial charge in [0.1, 0.15) is 12.4 Å². The molecule has 0 amide bonds. The van der Waals surface area contributed by atoms with Crippen molar-refractivity contribution in [3.63, 3.8) is 0 Å². The third kappa shape index (κ3) is 11.5. The van der Waals surface area contributed by atoms with Crippen LogP contribution in [0.3, 0.4) is 0 Å². The van der Waals surface area contributed by atoms with Crippen LogP contribution in [0.15, 0.2) is 42.5 Å². The Bertz CT molecular complexity index is 1110. The molecule has 224 valence electrons. The Hall–Kier alpha value is -1.94. The highest BCUT2D eigenvalue weighted by molar-refractivity contribution is 6.32. The molecule has 40 heavy (non-hydrogen) atoms. The van der Waals surface area contributed by atoms with E-state index in [9.17, 15) is 4.79 Å². The second-order valence-electron chi connectivity index (χ2n) is 14.6. The molecule has 0 saturated heterocycles. The van der Waals surface area contributed by atoms with E-state index in [1.165, 1.54) is 5.56 Å². The summed E-state index contributed by atoms with van der Waals surface area (Å²) < 4.78 is 19.6. The van der Waals surface area contributed by atoms with Gasteiger partial charge in [-0.15, -0.1) is 0 Å². The Kier molecular flexibility index (Phi) is 11.8. The van der Waals surface area contributed by atoms with Crippen LogP contribution in [0, 0.1) is 0 Å². The van der Waals surface area contributed by atoms with Crippen molar-refractivity contribution < 1.29 is 23.5 Å². The molecular formula is C33H54O5Si2. The van der Waals surface area contributed by atoms with Crippen LogP contribution in [0.25, 0.3) is 0 Å². The summed E-state index contributed by atoms with van der Waals surface area (Å²) in [5.74, 6) is 0.380.